The predicted octanol–water partition coefficient (Wildman–Crippen LogP) is 3.74. The number of carboxylic acids is 1. The number of benzene rings is 2. The SMILES string of the molecule is CC(C)(OC(=O)Oc1cc(C(=O)O)ccc1[N+](=O)[O-])c1ccccc1. The highest BCUT2D eigenvalue weighted by Gasteiger charge is 2.28. The molecule has 8 heteroatoms. The maximum atomic E-state index is 12.0. The van der Waals surface area contributed by atoms with E-state index in [1.165, 1.54) is 0 Å². The third-order valence-electron chi connectivity index (χ3n) is 3.40. The van der Waals surface area contributed by atoms with E-state index in [-0.39, 0.29) is 5.56 Å². The summed E-state index contributed by atoms with van der Waals surface area (Å²) in [6.45, 7) is 3.26. The van der Waals surface area contributed by atoms with Crippen molar-refractivity contribution in [3.63, 3.8) is 0 Å². The number of hydrogen-bond donors (Lipinski definition) is 1. The van der Waals surface area contributed by atoms with Crippen LogP contribution in [0.1, 0.15) is 29.8 Å². The van der Waals surface area contributed by atoms with E-state index in [1.54, 1.807) is 44.2 Å². The molecule has 2 rings (SSSR count). The number of hydrogen-bond acceptors (Lipinski definition) is 6. The van der Waals surface area contributed by atoms with Crippen molar-refractivity contribution in [2.45, 2.75) is 19.4 Å². The van der Waals surface area contributed by atoms with E-state index in [4.69, 9.17) is 14.6 Å². The number of ether oxygens (including phenoxy) is 2. The van der Waals surface area contributed by atoms with E-state index in [0.29, 0.717) is 5.56 Å². The highest BCUT2D eigenvalue weighted by atomic mass is 16.7. The van der Waals surface area contributed by atoms with Crippen molar-refractivity contribution in [3.05, 3.63) is 69.8 Å². The summed E-state index contributed by atoms with van der Waals surface area (Å²) in [4.78, 5) is 33.3. The molecule has 130 valence electrons. The number of nitrogens with zero attached hydrogens (tertiary/aromatic N) is 1. The van der Waals surface area contributed by atoms with Crippen LogP contribution in [0.5, 0.6) is 5.75 Å². The largest absolute Gasteiger partial charge is 0.514 e. The first kappa shape index (κ1) is 17.9. The lowest BCUT2D eigenvalue weighted by Crippen LogP contribution is -2.27. The quantitative estimate of drug-likeness (QED) is 0.380. The topological polar surface area (TPSA) is 116 Å². The molecule has 0 spiro atoms. The maximum Gasteiger partial charge on any atom is 0.514 e. The van der Waals surface area contributed by atoms with Gasteiger partial charge in [0.2, 0.25) is 5.75 Å². The van der Waals surface area contributed by atoms with Crippen molar-refractivity contribution in [1.82, 2.24) is 0 Å². The molecule has 0 saturated heterocycles. The third kappa shape index (κ3) is 4.31. The van der Waals surface area contributed by atoms with Gasteiger partial charge in [-0.3, -0.25) is 10.1 Å². The lowest BCUT2D eigenvalue weighted by Gasteiger charge is -2.24. The van der Waals surface area contributed by atoms with Crippen LogP contribution in [-0.2, 0) is 10.3 Å². The Morgan fingerprint density at radius 2 is 1.76 bits per heavy atom. The van der Waals surface area contributed by atoms with Gasteiger partial charge in [-0.2, -0.15) is 0 Å². The zero-order valence-corrected chi connectivity index (χ0v) is 13.5. The Morgan fingerprint density at radius 3 is 2.32 bits per heavy atom. The number of carbonyl (C=O) groups excluding carboxylic acids is 1. The van der Waals surface area contributed by atoms with Crippen molar-refractivity contribution >= 4 is 17.8 Å². The van der Waals surface area contributed by atoms with Gasteiger partial charge in [-0.25, -0.2) is 9.59 Å². The summed E-state index contributed by atoms with van der Waals surface area (Å²) in [5, 5.41) is 20.0. The van der Waals surface area contributed by atoms with E-state index in [2.05, 4.69) is 0 Å². The molecule has 0 heterocycles. The number of rotatable bonds is 5. The molecule has 25 heavy (non-hydrogen) atoms. The van der Waals surface area contributed by atoms with Crippen LogP contribution in [-0.4, -0.2) is 22.2 Å². The second-order valence-electron chi connectivity index (χ2n) is 5.58. The first-order valence-electron chi connectivity index (χ1n) is 7.19. The van der Waals surface area contributed by atoms with Crippen LogP contribution in [0.15, 0.2) is 48.5 Å². The van der Waals surface area contributed by atoms with Crippen molar-refractivity contribution in [2.75, 3.05) is 0 Å². The number of nitro benzene ring substituents is 1. The normalized spacial score (nSPS) is 10.8. The zero-order chi connectivity index (χ0) is 18.6. The van der Waals surface area contributed by atoms with Crippen LogP contribution >= 0.6 is 0 Å². The molecule has 0 aliphatic carbocycles. The van der Waals surface area contributed by atoms with Gasteiger partial charge in [0.05, 0.1) is 10.5 Å². The minimum Gasteiger partial charge on any atom is -0.478 e. The van der Waals surface area contributed by atoms with Crippen LogP contribution in [0, 0.1) is 10.1 Å². The van der Waals surface area contributed by atoms with Gasteiger partial charge in [0.15, 0.2) is 0 Å². The highest BCUT2D eigenvalue weighted by Crippen LogP contribution is 2.30. The summed E-state index contributed by atoms with van der Waals surface area (Å²) in [5.41, 5.74) is -1.15. The van der Waals surface area contributed by atoms with E-state index in [1.807, 2.05) is 0 Å². The molecule has 2 aromatic carbocycles. The van der Waals surface area contributed by atoms with Gasteiger partial charge < -0.3 is 14.6 Å². The molecule has 0 amide bonds. The number of nitro groups is 1. The Hall–Kier alpha value is -3.42. The molecule has 0 saturated carbocycles. The molecule has 8 nitrogen and oxygen atoms in total. The molecule has 0 unspecified atom stereocenters. The van der Waals surface area contributed by atoms with Crippen LogP contribution < -0.4 is 4.74 Å². The van der Waals surface area contributed by atoms with Gasteiger partial charge in [0.25, 0.3) is 0 Å². The van der Waals surface area contributed by atoms with Gasteiger partial charge in [-0.05, 0) is 25.5 Å². The Kier molecular flexibility index (Phi) is 5.02. The standard InChI is InChI=1S/C17H15NO7/c1-17(2,12-6-4-3-5-7-12)25-16(21)24-14-10-11(15(19)20)8-9-13(14)18(22)23/h3-10H,1-2H3,(H,19,20). The second kappa shape index (κ2) is 7.00. The molecular formula is C17H15NO7. The maximum absolute atomic E-state index is 12.0. The van der Waals surface area contributed by atoms with Crippen molar-refractivity contribution in [2.24, 2.45) is 0 Å². The van der Waals surface area contributed by atoms with Gasteiger partial charge >= 0.3 is 17.8 Å². The number of carboxylic acid groups (broad SMARTS) is 1. The van der Waals surface area contributed by atoms with Gasteiger partial charge in [-0.15, -0.1) is 0 Å². The Bertz CT molecular complexity index is 815. The minimum atomic E-state index is -1.31. The molecule has 0 aliphatic rings. The zero-order valence-electron chi connectivity index (χ0n) is 13.5. The van der Waals surface area contributed by atoms with Crippen LogP contribution in [0.3, 0.4) is 0 Å². The Morgan fingerprint density at radius 1 is 1.12 bits per heavy atom. The molecular weight excluding hydrogens is 330 g/mol. The smallest absolute Gasteiger partial charge is 0.478 e. The molecule has 0 atom stereocenters. The Balaban J connectivity index is 2.24. The van der Waals surface area contributed by atoms with Crippen LogP contribution in [0.2, 0.25) is 0 Å². The van der Waals surface area contributed by atoms with E-state index in [9.17, 15) is 19.7 Å². The highest BCUT2D eigenvalue weighted by molar-refractivity contribution is 5.89. The monoisotopic (exact) mass is 345 g/mol. The van der Waals surface area contributed by atoms with Crippen LogP contribution in [0.4, 0.5) is 10.5 Å². The first-order chi connectivity index (χ1) is 11.7. The predicted molar refractivity (Wildman–Crippen MR) is 86.6 cm³/mol. The fourth-order valence-corrected chi connectivity index (χ4v) is 2.10. The number of carbonyl (C=O) groups is 2. The molecule has 0 radical (unpaired) electrons. The molecule has 1 N–H and O–H groups in total. The van der Waals surface area contributed by atoms with Crippen LogP contribution in [0.25, 0.3) is 0 Å². The van der Waals surface area contributed by atoms with E-state index in [0.717, 1.165) is 18.2 Å². The van der Waals surface area contributed by atoms with E-state index < -0.39 is 34.1 Å². The molecule has 0 fully saturated rings. The van der Waals surface area contributed by atoms with Gasteiger partial charge in [0.1, 0.15) is 5.60 Å². The first-order valence-corrected chi connectivity index (χ1v) is 7.19. The summed E-state index contributed by atoms with van der Waals surface area (Å²) in [6, 6.07) is 11.7. The molecule has 0 aromatic heterocycles. The lowest BCUT2D eigenvalue weighted by atomic mass is 9.98. The Labute approximate surface area is 142 Å². The van der Waals surface area contributed by atoms with Gasteiger partial charge in [0, 0.05) is 12.1 Å². The summed E-state index contributed by atoms with van der Waals surface area (Å²) in [5.74, 6) is -1.81. The van der Waals surface area contributed by atoms with Crippen molar-refractivity contribution in [1.29, 1.82) is 0 Å². The van der Waals surface area contributed by atoms with Gasteiger partial charge in [-0.1, -0.05) is 30.3 Å². The fraction of sp³-hybridized carbons (Fsp3) is 0.176. The summed E-state index contributed by atoms with van der Waals surface area (Å²) >= 11 is 0. The average Bonchev–Trinajstić information content (AvgIpc) is 2.54. The average molecular weight is 345 g/mol. The lowest BCUT2D eigenvalue weighted by molar-refractivity contribution is -0.385. The fourth-order valence-electron chi connectivity index (χ4n) is 2.10. The molecule has 0 aliphatic heterocycles. The second-order valence-corrected chi connectivity index (χ2v) is 5.58. The van der Waals surface area contributed by atoms with Crippen molar-refractivity contribution < 1.29 is 29.1 Å². The molecule has 2 aromatic rings. The summed E-state index contributed by atoms with van der Waals surface area (Å²) in [6.07, 6.45) is -1.18. The summed E-state index contributed by atoms with van der Waals surface area (Å²) < 4.78 is 10.1. The molecule has 0 bridgehead atoms. The minimum absolute atomic E-state index is 0.254. The third-order valence-corrected chi connectivity index (χ3v) is 3.40. The van der Waals surface area contributed by atoms with Crippen molar-refractivity contribution in [3.8, 4) is 5.75 Å². The number of aromatic carboxylic acids is 1. The van der Waals surface area contributed by atoms with E-state index >= 15 is 0 Å². The summed E-state index contributed by atoms with van der Waals surface area (Å²) in [7, 11) is 0.